The largest absolute Gasteiger partial charge is 0.504 e. The number of likely N-dealkylation sites (N-methyl/N-ethyl adjacent to an activating group) is 1. The Bertz CT molecular complexity index is 454. The lowest BCUT2D eigenvalue weighted by atomic mass is 10.1. The number of carbonyl (C=O) groups is 1. The van der Waals surface area contributed by atoms with Crippen molar-refractivity contribution in [2.45, 2.75) is 0 Å². The summed E-state index contributed by atoms with van der Waals surface area (Å²) in [6.45, 7) is 4.23. The Hall–Kier alpha value is -1.59. The van der Waals surface area contributed by atoms with Crippen molar-refractivity contribution >= 4 is 5.78 Å². The number of aromatic hydroxyl groups is 1. The van der Waals surface area contributed by atoms with Crippen LogP contribution >= 0.6 is 0 Å². The summed E-state index contributed by atoms with van der Waals surface area (Å²) in [5, 5.41) is 9.52. The van der Waals surface area contributed by atoms with Crippen LogP contribution in [0.1, 0.15) is 10.4 Å². The van der Waals surface area contributed by atoms with E-state index < -0.39 is 0 Å². The lowest BCUT2D eigenvalue weighted by Gasteiger charge is -2.31. The average molecular weight is 264 g/mol. The van der Waals surface area contributed by atoms with E-state index in [9.17, 15) is 9.90 Å². The summed E-state index contributed by atoms with van der Waals surface area (Å²) in [6, 6.07) is 4.72. The molecule has 0 amide bonds. The maximum Gasteiger partial charge on any atom is 0.176 e. The van der Waals surface area contributed by atoms with Crippen molar-refractivity contribution in [1.29, 1.82) is 0 Å². The number of phenolic OH excluding ortho intramolecular Hbond substituents is 1. The van der Waals surface area contributed by atoms with E-state index in [4.69, 9.17) is 4.74 Å². The van der Waals surface area contributed by atoms with E-state index in [2.05, 4.69) is 16.8 Å². The molecule has 0 atom stereocenters. The van der Waals surface area contributed by atoms with Crippen molar-refractivity contribution in [3.8, 4) is 11.5 Å². The molecule has 0 unspecified atom stereocenters. The molecule has 1 aliphatic heterocycles. The first-order chi connectivity index (χ1) is 9.10. The average Bonchev–Trinajstić information content (AvgIpc) is 2.42. The molecule has 1 N–H and O–H groups in total. The van der Waals surface area contributed by atoms with Crippen LogP contribution in [0.5, 0.6) is 11.5 Å². The zero-order chi connectivity index (χ0) is 13.8. The van der Waals surface area contributed by atoms with Gasteiger partial charge in [0, 0.05) is 31.7 Å². The van der Waals surface area contributed by atoms with Gasteiger partial charge in [0.15, 0.2) is 17.3 Å². The number of ketones is 1. The van der Waals surface area contributed by atoms with E-state index in [-0.39, 0.29) is 11.5 Å². The third-order valence-electron chi connectivity index (χ3n) is 3.46. The van der Waals surface area contributed by atoms with Gasteiger partial charge in [-0.3, -0.25) is 9.69 Å². The maximum absolute atomic E-state index is 12.2. The molecular formula is C14H20N2O3. The number of hydrogen-bond donors (Lipinski definition) is 1. The van der Waals surface area contributed by atoms with Gasteiger partial charge in [0.1, 0.15) is 0 Å². The smallest absolute Gasteiger partial charge is 0.176 e. The number of hydrogen-bond acceptors (Lipinski definition) is 5. The molecule has 1 aliphatic rings. The first kappa shape index (κ1) is 13.8. The van der Waals surface area contributed by atoms with E-state index in [0.29, 0.717) is 17.9 Å². The van der Waals surface area contributed by atoms with Crippen molar-refractivity contribution < 1.29 is 14.6 Å². The highest BCUT2D eigenvalue weighted by Crippen LogP contribution is 2.26. The quantitative estimate of drug-likeness (QED) is 0.816. The van der Waals surface area contributed by atoms with Crippen LogP contribution < -0.4 is 4.74 Å². The van der Waals surface area contributed by atoms with Gasteiger partial charge in [-0.2, -0.15) is 0 Å². The molecule has 104 valence electrons. The fraction of sp³-hybridized carbons (Fsp3) is 0.500. The van der Waals surface area contributed by atoms with Gasteiger partial charge in [-0.05, 0) is 25.2 Å². The monoisotopic (exact) mass is 264 g/mol. The van der Waals surface area contributed by atoms with Gasteiger partial charge in [-0.1, -0.05) is 0 Å². The van der Waals surface area contributed by atoms with Crippen molar-refractivity contribution in [2.75, 3.05) is 46.9 Å². The predicted octanol–water partition coefficient (Wildman–Crippen LogP) is 0.831. The lowest BCUT2D eigenvalue weighted by molar-refractivity contribution is 0.0876. The van der Waals surface area contributed by atoms with Crippen molar-refractivity contribution in [3.63, 3.8) is 0 Å². The minimum atomic E-state index is 0.0543. The summed E-state index contributed by atoms with van der Waals surface area (Å²) in [5.41, 5.74) is 0.577. The van der Waals surface area contributed by atoms with Crippen LogP contribution in [0.25, 0.3) is 0 Å². The zero-order valence-corrected chi connectivity index (χ0v) is 11.4. The molecule has 2 rings (SSSR count). The molecule has 0 aromatic heterocycles. The lowest BCUT2D eigenvalue weighted by Crippen LogP contribution is -2.46. The normalized spacial score (nSPS) is 17.4. The highest BCUT2D eigenvalue weighted by molar-refractivity contribution is 5.98. The summed E-state index contributed by atoms with van der Waals surface area (Å²) in [4.78, 5) is 16.6. The maximum atomic E-state index is 12.2. The molecule has 0 spiro atoms. The second kappa shape index (κ2) is 6.04. The molecule has 1 saturated heterocycles. The van der Waals surface area contributed by atoms with E-state index >= 15 is 0 Å². The summed E-state index contributed by atoms with van der Waals surface area (Å²) in [6.07, 6.45) is 0. The predicted molar refractivity (Wildman–Crippen MR) is 72.9 cm³/mol. The molecular weight excluding hydrogens is 244 g/mol. The van der Waals surface area contributed by atoms with Gasteiger partial charge in [0.25, 0.3) is 0 Å². The molecule has 5 nitrogen and oxygen atoms in total. The number of piperazine rings is 1. The van der Waals surface area contributed by atoms with Crippen LogP contribution in [0, 0.1) is 0 Å². The van der Waals surface area contributed by atoms with Crippen LogP contribution in [-0.4, -0.2) is 67.6 Å². The number of carbonyl (C=O) groups excluding carboxylic acids is 1. The van der Waals surface area contributed by atoms with Gasteiger partial charge in [-0.25, -0.2) is 0 Å². The van der Waals surface area contributed by atoms with Gasteiger partial charge >= 0.3 is 0 Å². The fourth-order valence-corrected chi connectivity index (χ4v) is 2.15. The van der Waals surface area contributed by atoms with Gasteiger partial charge in [-0.15, -0.1) is 0 Å². The Morgan fingerprint density at radius 3 is 2.63 bits per heavy atom. The summed E-state index contributed by atoms with van der Waals surface area (Å²) < 4.78 is 5.02. The molecule has 5 heteroatoms. The third kappa shape index (κ3) is 3.45. The summed E-state index contributed by atoms with van der Waals surface area (Å²) >= 11 is 0. The van der Waals surface area contributed by atoms with Crippen LogP contribution in [0.2, 0.25) is 0 Å². The van der Waals surface area contributed by atoms with Crippen LogP contribution in [0.15, 0.2) is 18.2 Å². The van der Waals surface area contributed by atoms with Crippen LogP contribution in [-0.2, 0) is 0 Å². The summed E-state index contributed by atoms with van der Waals surface area (Å²) in [7, 11) is 3.56. The molecule has 1 heterocycles. The molecule has 0 aliphatic carbocycles. The number of methoxy groups -OCH3 is 1. The SMILES string of the molecule is COc1cc(C(=O)CN2CCN(C)CC2)ccc1O. The topological polar surface area (TPSA) is 53.0 Å². The van der Waals surface area contributed by atoms with E-state index in [1.54, 1.807) is 12.1 Å². The number of phenols is 1. The fourth-order valence-electron chi connectivity index (χ4n) is 2.15. The molecule has 1 fully saturated rings. The highest BCUT2D eigenvalue weighted by Gasteiger charge is 2.18. The van der Waals surface area contributed by atoms with E-state index in [1.165, 1.54) is 13.2 Å². The second-order valence-corrected chi connectivity index (χ2v) is 4.89. The zero-order valence-electron chi connectivity index (χ0n) is 11.4. The molecule has 0 radical (unpaired) electrons. The van der Waals surface area contributed by atoms with Crippen molar-refractivity contribution in [1.82, 2.24) is 9.80 Å². The second-order valence-electron chi connectivity index (χ2n) is 4.89. The number of nitrogens with zero attached hydrogens (tertiary/aromatic N) is 2. The van der Waals surface area contributed by atoms with E-state index in [1.807, 2.05) is 0 Å². The van der Waals surface area contributed by atoms with Gasteiger partial charge in [0.2, 0.25) is 0 Å². The van der Waals surface area contributed by atoms with E-state index in [0.717, 1.165) is 26.2 Å². The molecule has 0 saturated carbocycles. The van der Waals surface area contributed by atoms with Crippen LogP contribution in [0.3, 0.4) is 0 Å². The van der Waals surface area contributed by atoms with Gasteiger partial charge < -0.3 is 14.7 Å². The molecule has 0 bridgehead atoms. The molecule has 19 heavy (non-hydrogen) atoms. The number of Topliss-reactive ketones (excluding diaryl/α,β-unsaturated/α-hetero) is 1. The number of rotatable bonds is 4. The Morgan fingerprint density at radius 1 is 1.32 bits per heavy atom. The minimum Gasteiger partial charge on any atom is -0.504 e. The molecule has 1 aromatic carbocycles. The minimum absolute atomic E-state index is 0.0543. The van der Waals surface area contributed by atoms with Gasteiger partial charge in [0.05, 0.1) is 13.7 Å². The van der Waals surface area contributed by atoms with Crippen molar-refractivity contribution in [2.24, 2.45) is 0 Å². The first-order valence-corrected chi connectivity index (χ1v) is 6.41. The van der Waals surface area contributed by atoms with Crippen LogP contribution in [0.4, 0.5) is 0 Å². The van der Waals surface area contributed by atoms with Crippen molar-refractivity contribution in [3.05, 3.63) is 23.8 Å². The Kier molecular flexibility index (Phi) is 4.39. The summed E-state index contributed by atoms with van der Waals surface area (Å²) in [5.74, 6) is 0.450. The Balaban J connectivity index is 2.00. The third-order valence-corrected chi connectivity index (χ3v) is 3.46. The Morgan fingerprint density at radius 2 is 2.00 bits per heavy atom. The Labute approximate surface area is 113 Å². The first-order valence-electron chi connectivity index (χ1n) is 6.41. The highest BCUT2D eigenvalue weighted by atomic mass is 16.5. The molecule has 1 aromatic rings. The standard InChI is InChI=1S/C14H20N2O3/c1-15-5-7-16(8-6-15)10-13(18)11-3-4-12(17)14(9-11)19-2/h3-4,9,17H,5-8,10H2,1-2H3. The number of ether oxygens (including phenoxy) is 1. The number of benzene rings is 1.